The number of aromatic nitrogens is 6. The first-order valence-electron chi connectivity index (χ1n) is 16.5. The number of benzene rings is 1. The Morgan fingerprint density at radius 3 is 2.53 bits per heavy atom. The molecule has 2 aliphatic rings. The molecule has 2 aliphatic heterocycles. The monoisotopic (exact) mass is 755 g/mol. The maximum Gasteiger partial charge on any atom is 0.487 e. The summed E-state index contributed by atoms with van der Waals surface area (Å²) in [7, 11) is 5.57. The lowest BCUT2D eigenvalue weighted by Crippen LogP contribution is -2.41. The van der Waals surface area contributed by atoms with Gasteiger partial charge in [-0.1, -0.05) is 12.0 Å². The van der Waals surface area contributed by atoms with E-state index in [2.05, 4.69) is 104 Å². The fourth-order valence-corrected chi connectivity index (χ4v) is 7.17. The van der Waals surface area contributed by atoms with E-state index in [0.717, 1.165) is 76.3 Å². The minimum Gasteiger partial charge on any atom is -0.473 e. The molecular weight excluding hydrogens is 708 g/mol. The van der Waals surface area contributed by atoms with Crippen molar-refractivity contribution in [1.29, 1.82) is 0 Å². The van der Waals surface area contributed by atoms with E-state index in [1.807, 2.05) is 46.4 Å². The molecule has 0 aliphatic carbocycles. The van der Waals surface area contributed by atoms with E-state index < -0.39 is 18.3 Å². The molecule has 0 spiro atoms. The van der Waals surface area contributed by atoms with Crippen molar-refractivity contribution in [2.75, 3.05) is 20.2 Å². The maximum atomic E-state index is 6.59. The lowest BCUT2D eigenvalue weighted by molar-refractivity contribution is -0.0367. The topological polar surface area (TPSA) is 93.6 Å². The van der Waals surface area contributed by atoms with E-state index >= 15 is 0 Å². The van der Waals surface area contributed by atoms with Gasteiger partial charge in [0.25, 0.3) is 0 Å². The number of aryl methyl sites for hydroxylation is 2. The first kappa shape index (κ1) is 34.2. The smallest absolute Gasteiger partial charge is 0.473 e. The summed E-state index contributed by atoms with van der Waals surface area (Å²) in [4.78, 5) is 2.28. The fraction of sp³-hybridized carbons (Fsp3) is 0.559. The normalized spacial score (nSPS) is 20.2. The van der Waals surface area contributed by atoms with Crippen molar-refractivity contribution >= 4 is 46.7 Å². The van der Waals surface area contributed by atoms with E-state index in [1.54, 1.807) is 0 Å². The maximum absolute atomic E-state index is 6.59. The van der Waals surface area contributed by atoms with Crippen LogP contribution in [0.1, 0.15) is 77.1 Å². The van der Waals surface area contributed by atoms with Crippen molar-refractivity contribution in [2.45, 2.75) is 90.9 Å². The van der Waals surface area contributed by atoms with Gasteiger partial charge in [0.05, 0.1) is 34.2 Å². The van der Waals surface area contributed by atoms with Crippen molar-refractivity contribution in [3.63, 3.8) is 0 Å². The van der Waals surface area contributed by atoms with Crippen LogP contribution in [0.15, 0.2) is 30.4 Å². The van der Waals surface area contributed by atoms with Crippen LogP contribution >= 0.6 is 22.6 Å². The Kier molecular flexibility index (Phi) is 9.67. The van der Waals surface area contributed by atoms with Gasteiger partial charge in [0.1, 0.15) is 9.80 Å². The zero-order chi connectivity index (χ0) is 33.7. The number of nitrogens with zero attached hydrogens (tertiary/aromatic N) is 7. The molecule has 0 saturated carbocycles. The molecule has 13 heteroatoms. The van der Waals surface area contributed by atoms with Gasteiger partial charge in [0, 0.05) is 50.4 Å². The van der Waals surface area contributed by atoms with Crippen LogP contribution in [0.5, 0.6) is 5.88 Å². The predicted octanol–water partition coefficient (Wildman–Crippen LogP) is 6.33. The fourth-order valence-electron chi connectivity index (χ4n) is 6.29. The molecule has 47 heavy (non-hydrogen) atoms. The second kappa shape index (κ2) is 13.3. The van der Waals surface area contributed by atoms with Crippen LogP contribution in [-0.4, -0.2) is 78.9 Å². The van der Waals surface area contributed by atoms with E-state index in [0.29, 0.717) is 0 Å². The Hall–Kier alpha value is -2.72. The van der Waals surface area contributed by atoms with E-state index in [4.69, 9.17) is 23.9 Å². The molecule has 1 aromatic carbocycles. The van der Waals surface area contributed by atoms with Crippen LogP contribution in [0.3, 0.4) is 0 Å². The van der Waals surface area contributed by atoms with Crippen molar-refractivity contribution in [3.05, 3.63) is 51.0 Å². The number of hydrogen-bond donors (Lipinski definition) is 0. The largest absolute Gasteiger partial charge is 0.487 e. The van der Waals surface area contributed by atoms with Gasteiger partial charge >= 0.3 is 7.12 Å². The van der Waals surface area contributed by atoms with E-state index in [-0.39, 0.29) is 12.3 Å². The number of hydrogen-bond acceptors (Lipinski definition) is 8. The summed E-state index contributed by atoms with van der Waals surface area (Å²) in [6.45, 7) is 14.8. The van der Waals surface area contributed by atoms with Crippen LogP contribution in [0.4, 0.5) is 0 Å². The Morgan fingerprint density at radius 2 is 1.87 bits per heavy atom. The second-order valence-electron chi connectivity index (χ2n) is 14.0. The first-order valence-corrected chi connectivity index (χ1v) is 17.5. The molecule has 2 atom stereocenters. The summed E-state index contributed by atoms with van der Waals surface area (Å²) in [6, 6.07) is 6.44. The van der Waals surface area contributed by atoms with Gasteiger partial charge in [0.2, 0.25) is 5.88 Å². The molecule has 2 saturated heterocycles. The zero-order valence-corrected chi connectivity index (χ0v) is 31.2. The molecule has 3 aromatic heterocycles. The quantitative estimate of drug-likeness (QED) is 0.137. The highest BCUT2D eigenvalue weighted by Crippen LogP contribution is 2.38. The van der Waals surface area contributed by atoms with Crippen molar-refractivity contribution in [3.8, 4) is 17.0 Å². The Morgan fingerprint density at radius 1 is 1.13 bits per heavy atom. The summed E-state index contributed by atoms with van der Waals surface area (Å²) >= 11 is 2.32. The number of ether oxygens (including phenoxy) is 2. The van der Waals surface area contributed by atoms with Crippen molar-refractivity contribution in [1.82, 2.24) is 34.2 Å². The average Bonchev–Trinajstić information content (AvgIpc) is 3.69. The van der Waals surface area contributed by atoms with E-state index in [1.165, 1.54) is 11.3 Å². The Balaban J connectivity index is 1.27. The highest BCUT2D eigenvalue weighted by atomic mass is 127. The van der Waals surface area contributed by atoms with Crippen LogP contribution in [0, 0.1) is 10.6 Å². The number of fused-ring (bicyclic) bond motifs is 1. The Bertz CT molecular complexity index is 1760. The predicted molar refractivity (Wildman–Crippen MR) is 193 cm³/mol. The highest BCUT2D eigenvalue weighted by Gasteiger charge is 2.50. The third-order valence-corrected chi connectivity index (χ3v) is 10.6. The lowest BCUT2D eigenvalue weighted by Gasteiger charge is -2.32. The second-order valence-corrected chi connectivity index (χ2v) is 15.0. The van der Waals surface area contributed by atoms with E-state index in [9.17, 15) is 0 Å². The zero-order valence-electron chi connectivity index (χ0n) is 29.1. The minimum atomic E-state index is -0.460. The molecule has 0 N–H and O–H groups in total. The van der Waals surface area contributed by atoms with Crippen molar-refractivity contribution < 1.29 is 18.8 Å². The van der Waals surface area contributed by atoms with Gasteiger partial charge in [-0.3, -0.25) is 9.58 Å². The number of likely N-dealkylation sites (N-methyl/N-ethyl adjacent to an activating group) is 1. The number of halogens is 1. The minimum absolute atomic E-state index is 0.0721. The summed E-state index contributed by atoms with van der Waals surface area (Å²) in [5.41, 5.74) is 5.42. The molecule has 0 bridgehead atoms. The molecule has 2 fully saturated rings. The Labute approximate surface area is 291 Å². The van der Waals surface area contributed by atoms with Crippen LogP contribution in [0.2, 0.25) is 0 Å². The van der Waals surface area contributed by atoms with Crippen LogP contribution < -0.4 is 4.74 Å². The van der Waals surface area contributed by atoms with Crippen LogP contribution in [0.25, 0.3) is 28.1 Å². The summed E-state index contributed by atoms with van der Waals surface area (Å²) in [6.07, 6.45) is 6.86. The molecule has 252 valence electrons. The third-order valence-electron chi connectivity index (χ3n) is 9.76. The van der Waals surface area contributed by atoms with Gasteiger partial charge < -0.3 is 18.8 Å². The third kappa shape index (κ3) is 6.92. The highest BCUT2D eigenvalue weighted by molar-refractivity contribution is 14.1. The van der Waals surface area contributed by atoms with Gasteiger partial charge in [-0.05, 0) is 114 Å². The van der Waals surface area contributed by atoms with Gasteiger partial charge in [-0.15, -0.1) is 0 Å². The average molecular weight is 756 g/mol. The SMILES string of the molecule is Cc1c(CN(C)CC(C)Oc2c(-c3ccc4c(c3)c(/C=C/B3OC(C)(C)C(C)(C)O3)nn4C3CCCCO3)cnn2C)c(I)nn1C. The molecule has 11 nitrogen and oxygen atoms in total. The molecule has 0 radical (unpaired) electrons. The van der Waals surface area contributed by atoms with Gasteiger partial charge in [-0.2, -0.15) is 15.3 Å². The first-order chi connectivity index (χ1) is 22.2. The van der Waals surface area contributed by atoms with Crippen LogP contribution in [-0.2, 0) is 34.7 Å². The van der Waals surface area contributed by atoms with Gasteiger partial charge in [-0.25, -0.2) is 9.36 Å². The number of rotatable bonds is 10. The molecule has 2 unspecified atom stereocenters. The standard InChI is InChI=1S/C34H47BIN7O4/c1-22(20-40(7)21-27-23(2)41(8)39-31(27)36)45-32-26(19-37-42(32)9)24-13-14-29-25(18-24)28(38-43(29)30-12-10-11-17-44-30)15-16-35-46-33(3,4)34(5,6)47-35/h13-16,18-19,22,30H,10-12,17,20-21H2,1-9H3/b16-15+. The van der Waals surface area contributed by atoms with Crippen molar-refractivity contribution in [2.24, 2.45) is 14.1 Å². The molecule has 5 heterocycles. The summed E-state index contributed by atoms with van der Waals surface area (Å²) in [5.74, 6) is 2.69. The summed E-state index contributed by atoms with van der Waals surface area (Å²) < 4.78 is 32.1. The molecule has 0 amide bonds. The summed E-state index contributed by atoms with van der Waals surface area (Å²) in [5, 5.41) is 15.2. The van der Waals surface area contributed by atoms with Gasteiger partial charge in [0.15, 0.2) is 6.23 Å². The molecular formula is C34H47BIN7O4. The lowest BCUT2D eigenvalue weighted by atomic mass is 9.89. The molecule has 6 rings (SSSR count). The molecule has 4 aromatic rings.